The fourth-order valence-electron chi connectivity index (χ4n) is 3.92. The molecule has 0 aliphatic heterocycles. The van der Waals surface area contributed by atoms with Crippen molar-refractivity contribution < 1.29 is 19.6 Å². The predicted octanol–water partition coefficient (Wildman–Crippen LogP) is 4.45. The van der Waals surface area contributed by atoms with Crippen molar-refractivity contribution in [2.45, 2.75) is 45.4 Å². The summed E-state index contributed by atoms with van der Waals surface area (Å²) in [4.78, 5) is 35.4. The normalized spacial score (nSPS) is 15.1. The molecule has 0 heterocycles. The smallest absolute Gasteiger partial charge is 0.335 e. The Morgan fingerprint density at radius 3 is 2.30 bits per heavy atom. The number of carboxylic acids is 1. The minimum atomic E-state index is -1.07. The van der Waals surface area contributed by atoms with Gasteiger partial charge in [-0.25, -0.2) is 4.79 Å². The molecule has 0 amide bonds. The first kappa shape index (κ1) is 18.8. The first-order valence-electron chi connectivity index (χ1n) is 8.83. The van der Waals surface area contributed by atoms with Crippen LogP contribution in [0.5, 0.6) is 0 Å². The Bertz CT molecular complexity index is 958. The van der Waals surface area contributed by atoms with E-state index in [1.165, 1.54) is 24.3 Å². The summed E-state index contributed by atoms with van der Waals surface area (Å²) in [6, 6.07) is 7.41. The molecule has 0 spiro atoms. The Balaban J connectivity index is 2.18. The summed E-state index contributed by atoms with van der Waals surface area (Å²) in [5.41, 5.74) is 2.44. The standard InChI is InChI=1S/C21H21NO5/c1-12-16(19(23)13-6-8-14(9-7-13)20(24)25)11-17-15(18(12)22(26)27)5-4-10-21(17,2)3/h6-9,11H,4-5,10H2,1-3H3,(H,24,25). The van der Waals surface area contributed by atoms with Gasteiger partial charge in [0.1, 0.15) is 0 Å². The molecular formula is C21H21NO5. The van der Waals surface area contributed by atoms with Gasteiger partial charge in [-0.05, 0) is 55.4 Å². The molecule has 0 unspecified atom stereocenters. The van der Waals surface area contributed by atoms with E-state index in [0.29, 0.717) is 23.1 Å². The molecule has 1 N–H and O–H groups in total. The van der Waals surface area contributed by atoms with Gasteiger partial charge in [0.05, 0.1) is 10.5 Å². The Morgan fingerprint density at radius 1 is 1.15 bits per heavy atom. The minimum Gasteiger partial charge on any atom is -0.478 e. The summed E-state index contributed by atoms with van der Waals surface area (Å²) in [5.74, 6) is -1.41. The number of carbonyl (C=O) groups excluding carboxylic acids is 1. The van der Waals surface area contributed by atoms with Gasteiger partial charge in [-0.3, -0.25) is 14.9 Å². The summed E-state index contributed by atoms with van der Waals surface area (Å²) in [7, 11) is 0. The van der Waals surface area contributed by atoms with E-state index in [1.807, 2.05) is 13.8 Å². The van der Waals surface area contributed by atoms with E-state index in [9.17, 15) is 19.7 Å². The van der Waals surface area contributed by atoms with Crippen LogP contribution in [0.1, 0.15) is 69.7 Å². The van der Waals surface area contributed by atoms with Crippen LogP contribution >= 0.6 is 0 Å². The third kappa shape index (κ3) is 3.23. The van der Waals surface area contributed by atoms with Crippen LogP contribution in [0.4, 0.5) is 5.69 Å². The zero-order chi connectivity index (χ0) is 19.9. The fourth-order valence-corrected chi connectivity index (χ4v) is 3.92. The molecule has 0 atom stereocenters. The number of nitro benzene ring substituents is 1. The number of nitro groups is 1. The molecule has 6 nitrogen and oxygen atoms in total. The Morgan fingerprint density at radius 2 is 1.74 bits per heavy atom. The van der Waals surface area contributed by atoms with Gasteiger partial charge in [0.2, 0.25) is 0 Å². The Hall–Kier alpha value is -3.02. The van der Waals surface area contributed by atoms with Gasteiger partial charge >= 0.3 is 5.97 Å². The average molecular weight is 367 g/mol. The second-order valence-electron chi connectivity index (χ2n) is 7.63. The number of hydrogen-bond donors (Lipinski definition) is 1. The molecule has 0 bridgehead atoms. The highest BCUT2D eigenvalue weighted by Gasteiger charge is 2.35. The van der Waals surface area contributed by atoms with Crippen molar-refractivity contribution in [3.8, 4) is 0 Å². The lowest BCUT2D eigenvalue weighted by molar-refractivity contribution is -0.386. The van der Waals surface area contributed by atoms with Crippen LogP contribution in [0.2, 0.25) is 0 Å². The number of nitrogens with zero attached hydrogens (tertiary/aromatic N) is 1. The third-order valence-electron chi connectivity index (χ3n) is 5.44. The van der Waals surface area contributed by atoms with Crippen LogP contribution in [0.3, 0.4) is 0 Å². The van der Waals surface area contributed by atoms with Gasteiger partial charge in [-0.2, -0.15) is 0 Å². The number of aromatic carboxylic acids is 1. The monoisotopic (exact) mass is 367 g/mol. The molecular weight excluding hydrogens is 346 g/mol. The van der Waals surface area contributed by atoms with Crippen molar-refractivity contribution in [1.82, 2.24) is 0 Å². The summed E-state index contributed by atoms with van der Waals surface area (Å²) < 4.78 is 0. The van der Waals surface area contributed by atoms with Gasteiger partial charge in [-0.15, -0.1) is 0 Å². The van der Waals surface area contributed by atoms with Crippen LogP contribution in [0, 0.1) is 17.0 Å². The maximum Gasteiger partial charge on any atom is 0.335 e. The van der Waals surface area contributed by atoms with Crippen LogP contribution in [-0.4, -0.2) is 21.8 Å². The molecule has 0 radical (unpaired) electrons. The van der Waals surface area contributed by atoms with E-state index < -0.39 is 5.97 Å². The first-order chi connectivity index (χ1) is 12.6. The Kier molecular flexibility index (Phi) is 4.59. The molecule has 140 valence electrons. The number of benzene rings is 2. The third-order valence-corrected chi connectivity index (χ3v) is 5.44. The quantitative estimate of drug-likeness (QED) is 0.489. The molecule has 0 saturated carbocycles. The number of hydrogen-bond acceptors (Lipinski definition) is 4. The zero-order valence-corrected chi connectivity index (χ0v) is 15.5. The molecule has 0 aromatic heterocycles. The highest BCUT2D eigenvalue weighted by molar-refractivity contribution is 6.11. The van der Waals surface area contributed by atoms with E-state index in [4.69, 9.17) is 5.11 Å². The van der Waals surface area contributed by atoms with Crippen LogP contribution < -0.4 is 0 Å². The molecule has 27 heavy (non-hydrogen) atoms. The highest BCUT2D eigenvalue weighted by Crippen LogP contribution is 2.43. The van der Waals surface area contributed by atoms with Crippen LogP contribution in [0.25, 0.3) is 0 Å². The van der Waals surface area contributed by atoms with Crippen LogP contribution in [-0.2, 0) is 11.8 Å². The highest BCUT2D eigenvalue weighted by atomic mass is 16.6. The summed E-state index contributed by atoms with van der Waals surface area (Å²) in [6.45, 7) is 5.69. The van der Waals surface area contributed by atoms with E-state index in [0.717, 1.165) is 24.0 Å². The number of fused-ring (bicyclic) bond motifs is 1. The van der Waals surface area contributed by atoms with Crippen molar-refractivity contribution >= 4 is 17.4 Å². The van der Waals surface area contributed by atoms with E-state index in [2.05, 4.69) is 0 Å². The maximum absolute atomic E-state index is 13.0. The number of rotatable bonds is 4. The number of ketones is 1. The lowest BCUT2D eigenvalue weighted by Gasteiger charge is -2.33. The van der Waals surface area contributed by atoms with Gasteiger partial charge < -0.3 is 5.11 Å². The Labute approximate surface area is 157 Å². The molecule has 0 saturated heterocycles. The van der Waals surface area contributed by atoms with Gasteiger partial charge in [0.25, 0.3) is 5.69 Å². The number of carboxylic acid groups (broad SMARTS) is 1. The van der Waals surface area contributed by atoms with Crippen molar-refractivity contribution in [3.63, 3.8) is 0 Å². The van der Waals surface area contributed by atoms with Crippen LogP contribution in [0.15, 0.2) is 30.3 Å². The average Bonchev–Trinajstić information content (AvgIpc) is 2.60. The van der Waals surface area contributed by atoms with Gasteiger partial charge in [0.15, 0.2) is 5.78 Å². The fraction of sp³-hybridized carbons (Fsp3) is 0.333. The van der Waals surface area contributed by atoms with E-state index in [1.54, 1.807) is 13.0 Å². The van der Waals surface area contributed by atoms with Gasteiger partial charge in [0, 0.05) is 22.3 Å². The lowest BCUT2D eigenvalue weighted by Crippen LogP contribution is -2.26. The molecule has 0 fully saturated rings. The summed E-state index contributed by atoms with van der Waals surface area (Å²) >= 11 is 0. The van der Waals surface area contributed by atoms with Crippen molar-refractivity contribution in [2.75, 3.05) is 0 Å². The minimum absolute atomic E-state index is 0.0331. The second kappa shape index (κ2) is 6.61. The molecule has 2 aromatic rings. The van der Waals surface area contributed by atoms with Gasteiger partial charge in [-0.1, -0.05) is 26.0 Å². The van der Waals surface area contributed by atoms with Crippen molar-refractivity contribution in [3.05, 3.63) is 73.8 Å². The molecule has 1 aliphatic carbocycles. The molecule has 6 heteroatoms. The van der Waals surface area contributed by atoms with Crippen molar-refractivity contribution in [1.29, 1.82) is 0 Å². The largest absolute Gasteiger partial charge is 0.478 e. The summed E-state index contributed by atoms with van der Waals surface area (Å²) in [5, 5.41) is 20.8. The van der Waals surface area contributed by atoms with E-state index in [-0.39, 0.29) is 27.4 Å². The zero-order valence-electron chi connectivity index (χ0n) is 15.5. The first-order valence-corrected chi connectivity index (χ1v) is 8.83. The maximum atomic E-state index is 13.0. The molecule has 1 aliphatic rings. The SMILES string of the molecule is Cc1c(C(=O)c2ccc(C(=O)O)cc2)cc2c(c1[N+](=O)[O-])CCCC2(C)C. The predicted molar refractivity (Wildman–Crippen MR) is 101 cm³/mol. The topological polar surface area (TPSA) is 97.5 Å². The van der Waals surface area contributed by atoms with Crippen molar-refractivity contribution in [2.24, 2.45) is 0 Å². The molecule has 3 rings (SSSR count). The lowest BCUT2D eigenvalue weighted by atomic mass is 9.71. The second-order valence-corrected chi connectivity index (χ2v) is 7.63. The number of carbonyl (C=O) groups is 2. The van der Waals surface area contributed by atoms with E-state index >= 15 is 0 Å². The molecule has 2 aromatic carbocycles. The summed E-state index contributed by atoms with van der Waals surface area (Å²) in [6.07, 6.45) is 2.42.